The monoisotopic (exact) mass is 229 g/mol. The van der Waals surface area contributed by atoms with Gasteiger partial charge in [-0.25, -0.2) is 0 Å². The van der Waals surface area contributed by atoms with Crippen LogP contribution in [0, 0.1) is 0 Å². The maximum absolute atomic E-state index is 11.2. The quantitative estimate of drug-likeness (QED) is 0.645. The van der Waals surface area contributed by atoms with Gasteiger partial charge in [-0.3, -0.25) is 9.69 Å². The Balaban J connectivity index is 2.43. The van der Waals surface area contributed by atoms with Crippen LogP contribution in [0.15, 0.2) is 0 Å². The minimum atomic E-state index is -0.521. The van der Waals surface area contributed by atoms with Gasteiger partial charge in [-0.2, -0.15) is 0 Å². The maximum Gasteiger partial charge on any atom is 0.323 e. The Morgan fingerprint density at radius 3 is 2.88 bits per heavy atom. The first-order chi connectivity index (χ1) is 7.54. The zero-order chi connectivity index (χ0) is 12.1. The van der Waals surface area contributed by atoms with E-state index in [9.17, 15) is 4.79 Å². The van der Waals surface area contributed by atoms with Gasteiger partial charge in [-0.1, -0.05) is 0 Å². The summed E-state index contributed by atoms with van der Waals surface area (Å²) in [5, 5.41) is 0. The number of nitrogens with two attached hydrogens (primary N) is 1. The Labute approximate surface area is 97.5 Å². The molecule has 0 spiro atoms. The van der Waals surface area contributed by atoms with E-state index in [1.165, 1.54) is 20.0 Å². The first-order valence-electron chi connectivity index (χ1n) is 5.76. The first-order valence-corrected chi connectivity index (χ1v) is 5.76. The van der Waals surface area contributed by atoms with Crippen molar-refractivity contribution < 1.29 is 9.53 Å². The van der Waals surface area contributed by atoms with Crippen molar-refractivity contribution in [2.24, 2.45) is 5.73 Å². The Morgan fingerprint density at radius 2 is 2.31 bits per heavy atom. The van der Waals surface area contributed by atoms with E-state index < -0.39 is 6.04 Å². The minimum absolute atomic E-state index is 0.324. The summed E-state index contributed by atoms with van der Waals surface area (Å²) in [6.45, 7) is 2.66. The SMILES string of the molecule is COC(=O)C(N)CN1CCCC1CN(C)C. The Bertz CT molecular complexity index is 233. The molecule has 94 valence electrons. The van der Waals surface area contributed by atoms with Gasteiger partial charge in [-0.05, 0) is 33.5 Å². The topological polar surface area (TPSA) is 58.8 Å². The molecule has 1 rings (SSSR count). The maximum atomic E-state index is 11.2. The molecule has 5 nitrogen and oxygen atoms in total. The van der Waals surface area contributed by atoms with Crippen LogP contribution in [0.3, 0.4) is 0 Å². The van der Waals surface area contributed by atoms with Crippen LogP contribution >= 0.6 is 0 Å². The molecule has 1 aliphatic heterocycles. The zero-order valence-corrected chi connectivity index (χ0v) is 10.5. The fraction of sp³-hybridized carbons (Fsp3) is 0.909. The smallest absolute Gasteiger partial charge is 0.323 e. The summed E-state index contributed by atoms with van der Waals surface area (Å²) < 4.78 is 4.64. The van der Waals surface area contributed by atoms with Crippen LogP contribution in [0.5, 0.6) is 0 Å². The minimum Gasteiger partial charge on any atom is -0.468 e. The normalized spacial score (nSPS) is 23.7. The summed E-state index contributed by atoms with van der Waals surface area (Å²) >= 11 is 0. The van der Waals surface area contributed by atoms with E-state index in [2.05, 4.69) is 28.6 Å². The predicted octanol–water partition coefficient (Wildman–Crippen LogP) is -0.487. The van der Waals surface area contributed by atoms with Crippen LogP contribution in [0.1, 0.15) is 12.8 Å². The summed E-state index contributed by atoms with van der Waals surface area (Å²) in [5.74, 6) is -0.324. The van der Waals surface area contributed by atoms with E-state index in [1.54, 1.807) is 0 Å². The van der Waals surface area contributed by atoms with Gasteiger partial charge in [0.1, 0.15) is 6.04 Å². The molecule has 0 aliphatic carbocycles. The highest BCUT2D eigenvalue weighted by molar-refractivity contribution is 5.75. The van der Waals surface area contributed by atoms with Gasteiger partial charge >= 0.3 is 5.97 Å². The third-order valence-corrected chi connectivity index (χ3v) is 3.01. The number of likely N-dealkylation sites (N-methyl/N-ethyl adjacent to an activating group) is 1. The highest BCUT2D eigenvalue weighted by Gasteiger charge is 2.28. The van der Waals surface area contributed by atoms with Crippen molar-refractivity contribution in [3.8, 4) is 0 Å². The van der Waals surface area contributed by atoms with E-state index in [0.717, 1.165) is 13.1 Å². The molecule has 1 heterocycles. The van der Waals surface area contributed by atoms with Gasteiger partial charge in [0.25, 0.3) is 0 Å². The number of hydrogen-bond donors (Lipinski definition) is 1. The Morgan fingerprint density at radius 1 is 1.62 bits per heavy atom. The molecule has 1 saturated heterocycles. The third-order valence-electron chi connectivity index (χ3n) is 3.01. The number of methoxy groups -OCH3 is 1. The largest absolute Gasteiger partial charge is 0.468 e. The van der Waals surface area contributed by atoms with Gasteiger partial charge < -0.3 is 15.4 Å². The van der Waals surface area contributed by atoms with Crippen molar-refractivity contribution in [3.05, 3.63) is 0 Å². The number of rotatable bonds is 5. The van der Waals surface area contributed by atoms with E-state index in [-0.39, 0.29) is 5.97 Å². The van der Waals surface area contributed by atoms with Crippen LogP contribution < -0.4 is 5.73 Å². The second-order valence-corrected chi connectivity index (χ2v) is 4.68. The number of ether oxygens (including phenoxy) is 1. The molecule has 1 aliphatic rings. The van der Waals surface area contributed by atoms with Crippen LogP contribution in [0.2, 0.25) is 0 Å². The van der Waals surface area contributed by atoms with Crippen molar-refractivity contribution in [3.63, 3.8) is 0 Å². The summed E-state index contributed by atoms with van der Waals surface area (Å²) in [7, 11) is 5.51. The number of hydrogen-bond acceptors (Lipinski definition) is 5. The van der Waals surface area contributed by atoms with E-state index >= 15 is 0 Å². The zero-order valence-electron chi connectivity index (χ0n) is 10.5. The fourth-order valence-electron chi connectivity index (χ4n) is 2.24. The van der Waals surface area contributed by atoms with Crippen LogP contribution in [0.25, 0.3) is 0 Å². The van der Waals surface area contributed by atoms with Crippen LogP contribution in [-0.2, 0) is 9.53 Å². The standard InChI is InChI=1S/C11H23N3O2/c1-13(2)7-9-5-4-6-14(9)8-10(12)11(15)16-3/h9-10H,4-8,12H2,1-3H3. The molecule has 0 saturated carbocycles. The van der Waals surface area contributed by atoms with Gasteiger partial charge in [0.05, 0.1) is 7.11 Å². The number of carbonyl (C=O) groups excluding carboxylic acids is 1. The number of esters is 1. The fourth-order valence-corrected chi connectivity index (χ4v) is 2.24. The van der Waals surface area contributed by atoms with Crippen molar-refractivity contribution in [1.82, 2.24) is 9.80 Å². The number of nitrogens with zero attached hydrogens (tertiary/aromatic N) is 2. The van der Waals surface area contributed by atoms with Crippen molar-refractivity contribution in [2.45, 2.75) is 24.9 Å². The molecule has 2 N–H and O–H groups in total. The molecular formula is C11H23N3O2. The molecule has 0 aromatic rings. The third kappa shape index (κ3) is 3.73. The first kappa shape index (κ1) is 13.4. The van der Waals surface area contributed by atoms with E-state index in [1.807, 2.05) is 0 Å². The van der Waals surface area contributed by atoms with E-state index in [0.29, 0.717) is 12.6 Å². The second-order valence-electron chi connectivity index (χ2n) is 4.68. The molecule has 0 aromatic carbocycles. The molecule has 16 heavy (non-hydrogen) atoms. The average Bonchev–Trinajstić information content (AvgIpc) is 2.63. The molecule has 2 unspecified atom stereocenters. The lowest BCUT2D eigenvalue weighted by molar-refractivity contribution is -0.142. The predicted molar refractivity (Wildman–Crippen MR) is 63.1 cm³/mol. The molecule has 2 atom stereocenters. The van der Waals surface area contributed by atoms with Crippen LogP contribution in [-0.4, -0.2) is 68.7 Å². The lowest BCUT2D eigenvalue weighted by atomic mass is 10.2. The molecule has 0 amide bonds. The highest BCUT2D eigenvalue weighted by atomic mass is 16.5. The second kappa shape index (κ2) is 6.18. The Kier molecular flexibility index (Phi) is 5.18. The number of likely N-dealkylation sites (tertiary alicyclic amines) is 1. The van der Waals surface area contributed by atoms with Gasteiger partial charge in [0, 0.05) is 19.1 Å². The lowest BCUT2D eigenvalue weighted by Crippen LogP contribution is -2.47. The lowest BCUT2D eigenvalue weighted by Gasteiger charge is -2.28. The molecule has 0 aromatic heterocycles. The van der Waals surface area contributed by atoms with E-state index in [4.69, 9.17) is 5.73 Å². The van der Waals surface area contributed by atoms with Crippen molar-refractivity contribution in [1.29, 1.82) is 0 Å². The van der Waals surface area contributed by atoms with Crippen LogP contribution in [0.4, 0.5) is 0 Å². The molecule has 5 heteroatoms. The summed E-state index contributed by atoms with van der Waals surface area (Å²) in [5.41, 5.74) is 5.77. The van der Waals surface area contributed by atoms with Gasteiger partial charge in [0.15, 0.2) is 0 Å². The summed E-state index contributed by atoms with van der Waals surface area (Å²) in [6, 6.07) is -0.00142. The molecule has 0 bridgehead atoms. The Hall–Kier alpha value is -0.650. The highest BCUT2D eigenvalue weighted by Crippen LogP contribution is 2.17. The van der Waals surface area contributed by atoms with Crippen molar-refractivity contribution >= 4 is 5.97 Å². The summed E-state index contributed by atoms with van der Waals surface area (Å²) in [4.78, 5) is 15.7. The molecular weight excluding hydrogens is 206 g/mol. The van der Waals surface area contributed by atoms with Gasteiger partial charge in [0.2, 0.25) is 0 Å². The average molecular weight is 229 g/mol. The van der Waals surface area contributed by atoms with Gasteiger partial charge in [-0.15, -0.1) is 0 Å². The van der Waals surface area contributed by atoms with Crippen molar-refractivity contribution in [2.75, 3.05) is 40.8 Å². The molecule has 1 fully saturated rings. The number of carbonyl (C=O) groups is 1. The molecule has 0 radical (unpaired) electrons. The summed E-state index contributed by atoms with van der Waals surface area (Å²) in [6.07, 6.45) is 2.37.